The summed E-state index contributed by atoms with van der Waals surface area (Å²) in [7, 11) is 0. The molecule has 188 valence electrons. The fourth-order valence-electron chi connectivity index (χ4n) is 4.53. The van der Waals surface area contributed by atoms with Crippen LogP contribution >= 0.6 is 0 Å². The van der Waals surface area contributed by atoms with E-state index in [1.165, 1.54) is 0 Å². The molecule has 0 radical (unpaired) electrons. The fraction of sp³-hybridized carbons (Fsp3) is 0.250. The Morgan fingerprint density at radius 2 is 1.76 bits per heavy atom. The number of carbonyl (C=O) groups is 2. The van der Waals surface area contributed by atoms with Crippen LogP contribution < -0.4 is 16.0 Å². The number of nitrogens with one attached hydrogen (secondary N) is 2. The van der Waals surface area contributed by atoms with Crippen molar-refractivity contribution < 1.29 is 9.59 Å². The lowest BCUT2D eigenvalue weighted by molar-refractivity contribution is -0.130. The third kappa shape index (κ3) is 5.12. The van der Waals surface area contributed by atoms with Gasteiger partial charge >= 0.3 is 0 Å². The number of hydrogen-bond acceptors (Lipinski definition) is 6. The molecule has 4 N–H and O–H groups in total. The van der Waals surface area contributed by atoms with E-state index >= 15 is 0 Å². The average molecular weight is 496 g/mol. The fourth-order valence-corrected chi connectivity index (χ4v) is 4.53. The van der Waals surface area contributed by atoms with Gasteiger partial charge in [-0.1, -0.05) is 66.7 Å². The number of nitrogens with two attached hydrogens (primary N) is 1. The van der Waals surface area contributed by atoms with Crippen molar-refractivity contribution in [2.45, 2.75) is 44.8 Å². The Labute approximate surface area is 215 Å². The molecule has 9 heteroatoms. The largest absolute Gasteiger partial charge is 0.343 e. The van der Waals surface area contributed by atoms with Gasteiger partial charge < -0.3 is 16.0 Å². The van der Waals surface area contributed by atoms with Crippen molar-refractivity contribution in [3.63, 3.8) is 0 Å². The minimum atomic E-state index is -1.07. The van der Waals surface area contributed by atoms with E-state index < -0.39 is 11.6 Å². The number of fused-ring (bicyclic) bond motifs is 1. The molecule has 0 fully saturated rings. The van der Waals surface area contributed by atoms with Crippen molar-refractivity contribution in [2.75, 3.05) is 4.90 Å². The van der Waals surface area contributed by atoms with Gasteiger partial charge in [0.05, 0.1) is 12.1 Å². The molecule has 1 aromatic heterocycles. The first-order valence-electron chi connectivity index (χ1n) is 12.2. The smallest absolute Gasteiger partial charge is 0.249 e. The van der Waals surface area contributed by atoms with Crippen LogP contribution in [0, 0.1) is 0 Å². The predicted octanol–water partition coefficient (Wildman–Crippen LogP) is 3.24. The molecule has 5 rings (SSSR count). The minimum Gasteiger partial charge on any atom is -0.343 e. The van der Waals surface area contributed by atoms with Crippen LogP contribution in [0.5, 0.6) is 0 Å². The zero-order chi connectivity index (χ0) is 26.0. The van der Waals surface area contributed by atoms with Gasteiger partial charge in [-0.2, -0.15) is 5.21 Å². The molecule has 2 heterocycles. The van der Waals surface area contributed by atoms with Crippen molar-refractivity contribution in [1.29, 1.82) is 0 Å². The van der Waals surface area contributed by atoms with Crippen LogP contribution in [0.1, 0.15) is 31.4 Å². The van der Waals surface area contributed by atoms with E-state index in [0.29, 0.717) is 25.2 Å². The molecular weight excluding hydrogens is 466 g/mol. The Bertz CT molecular complexity index is 1410. The highest BCUT2D eigenvalue weighted by Gasteiger charge is 2.34. The van der Waals surface area contributed by atoms with Crippen molar-refractivity contribution in [2.24, 2.45) is 5.73 Å². The lowest BCUT2D eigenvalue weighted by Crippen LogP contribution is -2.56. The number of tetrazole rings is 1. The summed E-state index contributed by atoms with van der Waals surface area (Å²) in [6.45, 7) is 3.64. The van der Waals surface area contributed by atoms with E-state index in [9.17, 15) is 9.59 Å². The molecule has 1 unspecified atom stereocenters. The van der Waals surface area contributed by atoms with Crippen molar-refractivity contribution in [3.8, 4) is 22.5 Å². The summed E-state index contributed by atoms with van der Waals surface area (Å²) < 4.78 is 0. The summed E-state index contributed by atoms with van der Waals surface area (Å²) in [5, 5.41) is 17.3. The van der Waals surface area contributed by atoms with Crippen LogP contribution in [0.4, 0.5) is 5.69 Å². The second-order valence-corrected chi connectivity index (χ2v) is 9.82. The minimum absolute atomic E-state index is 0.144. The second-order valence-electron chi connectivity index (χ2n) is 9.82. The number of rotatable bonds is 6. The molecule has 3 aromatic carbocycles. The van der Waals surface area contributed by atoms with Gasteiger partial charge in [0.1, 0.15) is 6.04 Å². The van der Waals surface area contributed by atoms with E-state index in [0.717, 1.165) is 33.5 Å². The van der Waals surface area contributed by atoms with Gasteiger partial charge in [-0.3, -0.25) is 9.59 Å². The highest BCUT2D eigenvalue weighted by Crippen LogP contribution is 2.32. The molecular formula is C28H29N7O2. The van der Waals surface area contributed by atoms with E-state index in [-0.39, 0.29) is 11.8 Å². The van der Waals surface area contributed by atoms with Crippen molar-refractivity contribution in [1.82, 2.24) is 25.9 Å². The number of anilines is 1. The molecule has 4 aromatic rings. The van der Waals surface area contributed by atoms with E-state index in [1.807, 2.05) is 72.8 Å². The van der Waals surface area contributed by atoms with Crippen LogP contribution in [0.2, 0.25) is 0 Å². The number of aromatic nitrogens is 4. The second kappa shape index (κ2) is 9.94. The quantitative estimate of drug-likeness (QED) is 0.377. The predicted molar refractivity (Wildman–Crippen MR) is 141 cm³/mol. The topological polar surface area (TPSA) is 130 Å². The van der Waals surface area contributed by atoms with Crippen LogP contribution in [-0.4, -0.2) is 44.0 Å². The van der Waals surface area contributed by atoms with Gasteiger partial charge in [0, 0.05) is 11.3 Å². The highest BCUT2D eigenvalue weighted by atomic mass is 16.2. The number of carbonyl (C=O) groups excluding carboxylic acids is 2. The van der Waals surface area contributed by atoms with Crippen LogP contribution in [-0.2, 0) is 22.6 Å². The first-order valence-corrected chi connectivity index (χ1v) is 12.2. The Morgan fingerprint density at radius 3 is 2.46 bits per heavy atom. The van der Waals surface area contributed by atoms with Crippen molar-refractivity contribution in [3.05, 3.63) is 83.9 Å². The molecule has 0 saturated heterocycles. The first-order chi connectivity index (χ1) is 17.8. The molecule has 0 saturated carbocycles. The highest BCUT2D eigenvalue weighted by molar-refractivity contribution is 6.01. The maximum absolute atomic E-state index is 13.7. The van der Waals surface area contributed by atoms with Crippen LogP contribution in [0.25, 0.3) is 22.5 Å². The number of para-hydroxylation sites is 1. The SMILES string of the molecule is CC(C)(N)C(=O)NC1CCc2ccccc2N(Cc2ccc(-c3ccccc3-c3nn[nH]n3)cc2)C1=O. The molecule has 0 bridgehead atoms. The first kappa shape index (κ1) is 24.3. The number of nitrogens with zero attached hydrogens (tertiary/aromatic N) is 4. The Kier molecular flexibility index (Phi) is 6.54. The molecule has 1 atom stereocenters. The third-order valence-corrected chi connectivity index (χ3v) is 6.56. The number of aromatic amines is 1. The van der Waals surface area contributed by atoms with Crippen LogP contribution in [0.15, 0.2) is 72.8 Å². The van der Waals surface area contributed by atoms with Gasteiger partial charge in [-0.25, -0.2) is 0 Å². The maximum Gasteiger partial charge on any atom is 0.249 e. The number of hydrogen-bond donors (Lipinski definition) is 3. The van der Waals surface area contributed by atoms with Gasteiger partial charge in [0.15, 0.2) is 0 Å². The third-order valence-electron chi connectivity index (χ3n) is 6.56. The summed E-state index contributed by atoms with van der Waals surface area (Å²) in [4.78, 5) is 28.0. The molecule has 2 amide bonds. The summed E-state index contributed by atoms with van der Waals surface area (Å²) in [6, 6.07) is 23.2. The Morgan fingerprint density at radius 1 is 1.05 bits per heavy atom. The van der Waals surface area contributed by atoms with Crippen molar-refractivity contribution >= 4 is 17.5 Å². The zero-order valence-corrected chi connectivity index (χ0v) is 20.8. The van der Waals surface area contributed by atoms with E-state index in [2.05, 4.69) is 25.9 Å². The Balaban J connectivity index is 1.43. The zero-order valence-electron chi connectivity index (χ0n) is 20.8. The van der Waals surface area contributed by atoms with Gasteiger partial charge in [0.25, 0.3) is 0 Å². The Hall–Kier alpha value is -4.37. The van der Waals surface area contributed by atoms with Gasteiger partial charge in [0.2, 0.25) is 17.6 Å². The van der Waals surface area contributed by atoms with E-state index in [1.54, 1.807) is 18.7 Å². The molecule has 1 aliphatic rings. The molecule has 1 aliphatic heterocycles. The lowest BCUT2D eigenvalue weighted by Gasteiger charge is -2.28. The maximum atomic E-state index is 13.7. The average Bonchev–Trinajstić information content (AvgIpc) is 3.40. The lowest BCUT2D eigenvalue weighted by atomic mass is 9.98. The van der Waals surface area contributed by atoms with E-state index in [4.69, 9.17) is 5.73 Å². The standard InChI is InChI=1S/C28H29N7O2/c1-28(2,29)27(37)30-23-16-15-20-7-3-6-10-24(20)35(26(23)36)17-18-11-13-19(14-12-18)21-8-4-5-9-22(21)25-31-33-34-32-25/h3-14,23H,15-17,29H2,1-2H3,(H,30,37)(H,31,32,33,34). The molecule has 37 heavy (non-hydrogen) atoms. The summed E-state index contributed by atoms with van der Waals surface area (Å²) in [5.41, 5.74) is 10.7. The van der Waals surface area contributed by atoms with Gasteiger partial charge in [-0.15, -0.1) is 10.2 Å². The number of H-pyrrole nitrogens is 1. The number of benzene rings is 3. The molecule has 9 nitrogen and oxygen atoms in total. The monoisotopic (exact) mass is 495 g/mol. The summed E-state index contributed by atoms with van der Waals surface area (Å²) >= 11 is 0. The summed E-state index contributed by atoms with van der Waals surface area (Å²) in [5.74, 6) is 0.0376. The number of amides is 2. The summed E-state index contributed by atoms with van der Waals surface area (Å²) in [6.07, 6.45) is 1.19. The van der Waals surface area contributed by atoms with Gasteiger partial charge in [-0.05, 0) is 60.2 Å². The van der Waals surface area contributed by atoms with Crippen LogP contribution in [0.3, 0.4) is 0 Å². The number of aryl methyl sites for hydroxylation is 1. The molecule has 0 spiro atoms. The molecule has 0 aliphatic carbocycles. The normalized spacial score (nSPS) is 15.7.